The highest BCUT2D eigenvalue weighted by molar-refractivity contribution is 5.97. The summed E-state index contributed by atoms with van der Waals surface area (Å²) in [5.41, 5.74) is 2.61. The van der Waals surface area contributed by atoms with Gasteiger partial charge in [0.1, 0.15) is 11.9 Å². The second-order valence-electron chi connectivity index (χ2n) is 13.1. The molecule has 11 nitrogen and oxygen atoms in total. The molecule has 44 heavy (non-hydrogen) atoms. The average Bonchev–Trinajstić information content (AvgIpc) is 3.25. The van der Waals surface area contributed by atoms with Gasteiger partial charge in [0.15, 0.2) is 0 Å². The maximum Gasteiger partial charge on any atom is 0.407 e. The molecule has 2 saturated heterocycles. The van der Waals surface area contributed by atoms with Gasteiger partial charge in [0.25, 0.3) is 0 Å². The number of aromatic nitrogens is 1. The normalized spacial score (nSPS) is 24.8. The van der Waals surface area contributed by atoms with E-state index in [0.717, 1.165) is 12.1 Å². The van der Waals surface area contributed by atoms with Crippen LogP contribution in [-0.4, -0.2) is 124 Å². The predicted octanol–water partition coefficient (Wildman–Crippen LogP) is 2.23. The monoisotopic (exact) mass is 613 g/mol. The van der Waals surface area contributed by atoms with Gasteiger partial charge in [-0.25, -0.2) is 9.18 Å². The van der Waals surface area contributed by atoms with Crippen LogP contribution in [0.1, 0.15) is 56.3 Å². The van der Waals surface area contributed by atoms with Crippen LogP contribution >= 0.6 is 0 Å². The summed E-state index contributed by atoms with van der Waals surface area (Å²) in [6, 6.07) is 7.69. The number of anilines is 1. The Morgan fingerprint density at radius 2 is 1.86 bits per heavy atom. The quantitative estimate of drug-likeness (QED) is 0.411. The molecule has 2 amide bonds. The number of morpholine rings is 1. The third-order valence-corrected chi connectivity index (χ3v) is 9.19. The number of piperazine rings is 1. The first-order chi connectivity index (χ1) is 20.9. The second-order valence-corrected chi connectivity index (χ2v) is 13.1. The average molecular weight is 614 g/mol. The summed E-state index contributed by atoms with van der Waals surface area (Å²) in [5.74, 6) is -0.465. The number of hydrogen-bond donors (Lipinski definition) is 3. The van der Waals surface area contributed by atoms with E-state index in [1.165, 1.54) is 17.0 Å². The Bertz CT molecular complexity index is 1360. The van der Waals surface area contributed by atoms with Gasteiger partial charge in [-0.05, 0) is 49.6 Å². The lowest BCUT2D eigenvalue weighted by Gasteiger charge is -2.47. The number of benzene rings is 1. The molecule has 0 aliphatic carbocycles. The van der Waals surface area contributed by atoms with Crippen LogP contribution in [0.25, 0.3) is 0 Å². The van der Waals surface area contributed by atoms with Gasteiger partial charge in [-0.1, -0.05) is 26.0 Å². The lowest BCUT2D eigenvalue weighted by atomic mass is 9.90. The van der Waals surface area contributed by atoms with Gasteiger partial charge in [-0.2, -0.15) is 0 Å². The SMILES string of the molecule is C[C@@H]1COCCN1C[C@H]1CN(C(=O)O)[C@H](C)CN1CC(=O)N1CC(C)(C)c2nc(C(O)CO)c(Cc3ccc(F)cc3)cc21. The highest BCUT2D eigenvalue weighted by Gasteiger charge is 2.43. The smallest absolute Gasteiger partial charge is 0.407 e. The van der Waals surface area contributed by atoms with Crippen molar-refractivity contribution in [2.45, 2.75) is 63.8 Å². The zero-order chi connectivity index (χ0) is 31.8. The summed E-state index contributed by atoms with van der Waals surface area (Å²) >= 11 is 0. The number of hydrogen-bond acceptors (Lipinski definition) is 8. The molecule has 5 rings (SSSR count). The summed E-state index contributed by atoms with van der Waals surface area (Å²) in [5, 5.41) is 30.3. The number of carboxylic acid groups (broad SMARTS) is 1. The summed E-state index contributed by atoms with van der Waals surface area (Å²) in [6.07, 6.45) is -1.82. The minimum Gasteiger partial charge on any atom is -0.465 e. The van der Waals surface area contributed by atoms with Crippen LogP contribution in [-0.2, 0) is 21.4 Å². The van der Waals surface area contributed by atoms with E-state index in [9.17, 15) is 29.3 Å². The first-order valence-corrected chi connectivity index (χ1v) is 15.3. The maximum absolute atomic E-state index is 14.1. The highest BCUT2D eigenvalue weighted by atomic mass is 19.1. The molecule has 1 unspecified atom stereocenters. The van der Waals surface area contributed by atoms with Crippen LogP contribution in [0.2, 0.25) is 0 Å². The molecule has 3 N–H and O–H groups in total. The number of amides is 2. The van der Waals surface area contributed by atoms with Crippen molar-refractivity contribution in [2.24, 2.45) is 0 Å². The van der Waals surface area contributed by atoms with Crippen LogP contribution in [0.3, 0.4) is 0 Å². The molecule has 3 aliphatic rings. The minimum atomic E-state index is -1.20. The van der Waals surface area contributed by atoms with E-state index in [0.29, 0.717) is 68.5 Å². The van der Waals surface area contributed by atoms with Crippen molar-refractivity contribution in [2.75, 3.05) is 64.0 Å². The Labute approximate surface area is 257 Å². The van der Waals surface area contributed by atoms with Crippen molar-refractivity contribution < 1.29 is 34.0 Å². The molecule has 12 heteroatoms. The number of aliphatic hydroxyl groups excluding tert-OH is 2. The number of rotatable bonds is 8. The van der Waals surface area contributed by atoms with Crippen LogP contribution in [0.5, 0.6) is 0 Å². The highest BCUT2D eigenvalue weighted by Crippen LogP contribution is 2.41. The summed E-state index contributed by atoms with van der Waals surface area (Å²) in [6.45, 7) is 11.3. The molecular weight excluding hydrogens is 569 g/mol. The van der Waals surface area contributed by atoms with Gasteiger partial charge in [0.05, 0.1) is 43.4 Å². The van der Waals surface area contributed by atoms with E-state index in [1.807, 2.05) is 26.8 Å². The Morgan fingerprint density at radius 3 is 2.52 bits per heavy atom. The van der Waals surface area contributed by atoms with Crippen molar-refractivity contribution in [1.82, 2.24) is 19.7 Å². The van der Waals surface area contributed by atoms with E-state index in [-0.39, 0.29) is 36.4 Å². The predicted molar refractivity (Wildman–Crippen MR) is 162 cm³/mol. The fourth-order valence-corrected chi connectivity index (χ4v) is 6.68. The third kappa shape index (κ3) is 6.74. The lowest BCUT2D eigenvalue weighted by molar-refractivity contribution is -0.121. The fraction of sp³-hybridized carbons (Fsp3) is 0.594. The topological polar surface area (TPSA) is 130 Å². The van der Waals surface area contributed by atoms with Gasteiger partial charge in [-0.3, -0.25) is 19.6 Å². The third-order valence-electron chi connectivity index (χ3n) is 9.19. The molecule has 0 bridgehead atoms. The van der Waals surface area contributed by atoms with Crippen molar-refractivity contribution in [1.29, 1.82) is 0 Å². The largest absolute Gasteiger partial charge is 0.465 e. The molecule has 1 aromatic carbocycles. The molecule has 4 heterocycles. The van der Waals surface area contributed by atoms with Gasteiger partial charge >= 0.3 is 6.09 Å². The molecular formula is C32H44FN5O6. The molecule has 2 aromatic rings. The number of halogens is 1. The zero-order valence-electron chi connectivity index (χ0n) is 25.9. The van der Waals surface area contributed by atoms with E-state index >= 15 is 0 Å². The molecule has 0 saturated carbocycles. The summed E-state index contributed by atoms with van der Waals surface area (Å²) in [4.78, 5) is 38.6. The van der Waals surface area contributed by atoms with Crippen molar-refractivity contribution in [3.05, 3.63) is 58.7 Å². The van der Waals surface area contributed by atoms with Crippen molar-refractivity contribution in [3.63, 3.8) is 0 Å². The number of fused-ring (bicyclic) bond motifs is 1. The van der Waals surface area contributed by atoms with E-state index < -0.39 is 24.2 Å². The molecule has 3 aliphatic heterocycles. The van der Waals surface area contributed by atoms with Crippen LogP contribution < -0.4 is 4.90 Å². The van der Waals surface area contributed by atoms with E-state index in [4.69, 9.17) is 9.72 Å². The molecule has 1 aromatic heterocycles. The van der Waals surface area contributed by atoms with Crippen molar-refractivity contribution >= 4 is 17.7 Å². The van der Waals surface area contributed by atoms with Gasteiger partial charge in [0.2, 0.25) is 5.91 Å². The number of ether oxygens (including phenoxy) is 1. The number of carbonyl (C=O) groups excluding carboxylic acids is 1. The molecule has 0 spiro atoms. The first-order valence-electron chi connectivity index (χ1n) is 15.3. The van der Waals surface area contributed by atoms with Crippen molar-refractivity contribution in [3.8, 4) is 0 Å². The standard InChI is InChI=1S/C32H44FN5O6/c1-20-13-36(25(15-37(20)31(42)43)14-35-9-10-44-18-21(35)2)16-28(41)38-19-32(3,4)30-26(38)12-23(29(34-30)27(40)17-39)11-22-5-7-24(33)8-6-22/h5-8,12,20-21,25,27,39-40H,9-11,13-19H2,1-4H3,(H,42,43)/t20-,21-,25+,27?/m1/s1. The Balaban J connectivity index is 1.43. The first kappa shape index (κ1) is 32.2. The maximum atomic E-state index is 14.1. The number of pyridine rings is 1. The number of carbonyl (C=O) groups is 2. The molecule has 0 radical (unpaired) electrons. The summed E-state index contributed by atoms with van der Waals surface area (Å²) < 4.78 is 19.2. The van der Waals surface area contributed by atoms with Gasteiger partial charge in [0, 0.05) is 56.3 Å². The fourth-order valence-electron chi connectivity index (χ4n) is 6.68. The van der Waals surface area contributed by atoms with Crippen LogP contribution in [0, 0.1) is 5.82 Å². The number of nitrogens with zero attached hydrogens (tertiary/aromatic N) is 5. The van der Waals surface area contributed by atoms with E-state index in [2.05, 4.69) is 16.7 Å². The minimum absolute atomic E-state index is 0.113. The number of aliphatic hydroxyl groups is 2. The van der Waals surface area contributed by atoms with Crippen LogP contribution in [0.4, 0.5) is 14.9 Å². The van der Waals surface area contributed by atoms with Gasteiger partial charge in [-0.15, -0.1) is 0 Å². The van der Waals surface area contributed by atoms with E-state index in [1.54, 1.807) is 17.0 Å². The summed E-state index contributed by atoms with van der Waals surface area (Å²) in [7, 11) is 0. The molecule has 2 fully saturated rings. The second kappa shape index (κ2) is 13.1. The Hall–Kier alpha value is -3.16. The molecule has 4 atom stereocenters. The lowest BCUT2D eigenvalue weighted by Crippen LogP contribution is -2.64. The molecule has 240 valence electrons. The Morgan fingerprint density at radius 1 is 1.14 bits per heavy atom. The zero-order valence-corrected chi connectivity index (χ0v) is 25.9. The Kier molecular flexibility index (Phi) is 9.57. The van der Waals surface area contributed by atoms with Gasteiger partial charge < -0.3 is 29.9 Å². The van der Waals surface area contributed by atoms with Crippen LogP contribution in [0.15, 0.2) is 30.3 Å².